The lowest BCUT2D eigenvalue weighted by molar-refractivity contribution is -0.139. The number of aliphatic hydroxyl groups excluding tert-OH is 1. The van der Waals surface area contributed by atoms with Crippen LogP contribution >= 0.6 is 0 Å². The molecule has 1 amide bonds. The molecule has 2 aromatic carbocycles. The number of rotatable bonds is 5. The van der Waals surface area contributed by atoms with E-state index >= 15 is 0 Å². The van der Waals surface area contributed by atoms with Gasteiger partial charge in [0.05, 0.1) is 11.8 Å². The third kappa shape index (κ3) is 3.01. The molecule has 4 rings (SSSR count). The van der Waals surface area contributed by atoms with Gasteiger partial charge in [-0.15, -0.1) is 10.2 Å². The van der Waals surface area contributed by atoms with Gasteiger partial charge in [0.25, 0.3) is 5.91 Å². The first-order valence-corrected chi connectivity index (χ1v) is 8.69. The summed E-state index contributed by atoms with van der Waals surface area (Å²) >= 11 is 0. The molecule has 138 valence electrons. The largest absolute Gasteiger partial charge is 0.419 e. The Morgan fingerprint density at radius 1 is 1.11 bits per heavy atom. The third-order valence-electron chi connectivity index (χ3n) is 4.61. The molecule has 0 aliphatic carbocycles. The van der Waals surface area contributed by atoms with Crippen molar-refractivity contribution in [1.29, 1.82) is 0 Å². The Bertz CT molecular complexity index is 970. The van der Waals surface area contributed by atoms with Gasteiger partial charge >= 0.3 is 0 Å². The van der Waals surface area contributed by atoms with Gasteiger partial charge in [-0.25, -0.2) is 0 Å². The van der Waals surface area contributed by atoms with E-state index in [0.29, 0.717) is 17.1 Å². The summed E-state index contributed by atoms with van der Waals surface area (Å²) in [5.74, 6) is 0.118. The number of carbonyl (C=O) groups excluding carboxylic acids is 1. The molecule has 27 heavy (non-hydrogen) atoms. The van der Waals surface area contributed by atoms with Gasteiger partial charge in [0.1, 0.15) is 6.54 Å². The first kappa shape index (κ1) is 17.4. The van der Waals surface area contributed by atoms with Gasteiger partial charge in [0, 0.05) is 17.5 Å². The highest BCUT2D eigenvalue weighted by Crippen LogP contribution is 2.43. The molecule has 0 spiro atoms. The molecule has 2 N–H and O–H groups in total. The molecule has 0 fully saturated rings. The molecule has 2 unspecified atom stereocenters. The zero-order valence-electron chi connectivity index (χ0n) is 14.7. The summed E-state index contributed by atoms with van der Waals surface area (Å²) in [6.07, 6.45) is -0.918. The van der Waals surface area contributed by atoms with Crippen molar-refractivity contribution in [2.45, 2.75) is 31.6 Å². The van der Waals surface area contributed by atoms with Crippen LogP contribution < -0.4 is 4.90 Å². The van der Waals surface area contributed by atoms with Gasteiger partial charge in [0.2, 0.25) is 11.8 Å². The molecule has 1 aromatic heterocycles. The monoisotopic (exact) mass is 365 g/mol. The molecule has 0 bridgehead atoms. The van der Waals surface area contributed by atoms with Gasteiger partial charge in [-0.1, -0.05) is 36.4 Å². The Morgan fingerprint density at radius 2 is 1.81 bits per heavy atom. The van der Waals surface area contributed by atoms with Gasteiger partial charge in [-0.2, -0.15) is 0 Å². The normalized spacial score (nSPS) is 20.0. The number of hydrogen-bond acceptors (Lipinski definition) is 6. The van der Waals surface area contributed by atoms with Crippen LogP contribution in [-0.4, -0.2) is 32.4 Å². The smallest absolute Gasteiger partial charge is 0.264 e. The fraction of sp³-hybridized carbons (Fsp3) is 0.250. The maximum atomic E-state index is 13.0. The number of hydrogen-bond donors (Lipinski definition) is 2. The fourth-order valence-electron chi connectivity index (χ4n) is 3.44. The molecule has 7 heteroatoms. The van der Waals surface area contributed by atoms with E-state index in [2.05, 4.69) is 10.2 Å². The lowest BCUT2D eigenvalue weighted by Gasteiger charge is -2.23. The SMILES string of the molecule is CC(O)CC1(O)C(=O)N(Cc2nnc(-c3ccccc3)o2)c2ccccc21. The number of fused-ring (bicyclic) bond motifs is 1. The van der Waals surface area contributed by atoms with Crippen molar-refractivity contribution in [3.8, 4) is 11.5 Å². The van der Waals surface area contributed by atoms with Crippen LogP contribution in [0.25, 0.3) is 11.5 Å². The first-order valence-electron chi connectivity index (χ1n) is 8.69. The van der Waals surface area contributed by atoms with Crippen LogP contribution in [0.15, 0.2) is 59.0 Å². The van der Waals surface area contributed by atoms with E-state index in [1.165, 1.54) is 4.90 Å². The van der Waals surface area contributed by atoms with Crippen LogP contribution in [-0.2, 0) is 16.9 Å². The number of para-hydroxylation sites is 1. The number of benzene rings is 2. The van der Waals surface area contributed by atoms with Crippen LogP contribution in [0.5, 0.6) is 0 Å². The van der Waals surface area contributed by atoms with Crippen molar-refractivity contribution in [3.63, 3.8) is 0 Å². The van der Waals surface area contributed by atoms with E-state index in [0.717, 1.165) is 5.56 Å². The van der Waals surface area contributed by atoms with Crippen LogP contribution in [0.2, 0.25) is 0 Å². The topological polar surface area (TPSA) is 99.7 Å². The average molecular weight is 365 g/mol. The standard InChI is InChI=1S/C20H19N3O4/c1-13(24)11-20(26)15-9-5-6-10-16(15)23(19(20)25)12-17-21-22-18(27-17)14-7-3-2-4-8-14/h2-10,13,24,26H,11-12H2,1H3. The highest BCUT2D eigenvalue weighted by molar-refractivity contribution is 6.06. The maximum Gasteiger partial charge on any atom is 0.264 e. The minimum Gasteiger partial charge on any atom is -0.419 e. The number of aliphatic hydroxyl groups is 2. The highest BCUT2D eigenvalue weighted by atomic mass is 16.4. The second-order valence-corrected chi connectivity index (χ2v) is 6.69. The lowest BCUT2D eigenvalue weighted by Crippen LogP contribution is -2.42. The Hall–Kier alpha value is -3.03. The minimum atomic E-state index is -1.77. The average Bonchev–Trinajstić information content (AvgIpc) is 3.21. The lowest BCUT2D eigenvalue weighted by atomic mass is 9.90. The summed E-state index contributed by atoms with van der Waals surface area (Å²) in [5, 5.41) is 28.8. The number of aromatic nitrogens is 2. The summed E-state index contributed by atoms with van der Waals surface area (Å²) in [7, 11) is 0. The third-order valence-corrected chi connectivity index (χ3v) is 4.61. The predicted octanol–water partition coefficient (Wildman–Crippen LogP) is 2.24. The number of anilines is 1. The zero-order chi connectivity index (χ0) is 19.0. The summed E-state index contributed by atoms with van der Waals surface area (Å²) in [6, 6.07) is 16.3. The number of amides is 1. The van der Waals surface area contributed by atoms with Crippen molar-refractivity contribution in [3.05, 3.63) is 66.1 Å². The molecule has 2 heterocycles. The second kappa shape index (κ2) is 6.61. The van der Waals surface area contributed by atoms with E-state index in [1.54, 1.807) is 31.2 Å². The Morgan fingerprint density at radius 3 is 2.56 bits per heavy atom. The molecule has 7 nitrogen and oxygen atoms in total. The summed E-state index contributed by atoms with van der Waals surface area (Å²) < 4.78 is 5.70. The van der Waals surface area contributed by atoms with Crippen molar-refractivity contribution in [1.82, 2.24) is 10.2 Å². The molecule has 1 aliphatic heterocycles. The second-order valence-electron chi connectivity index (χ2n) is 6.69. The zero-order valence-corrected chi connectivity index (χ0v) is 14.7. The highest BCUT2D eigenvalue weighted by Gasteiger charge is 2.50. The van der Waals surface area contributed by atoms with Crippen LogP contribution in [0.4, 0.5) is 5.69 Å². The van der Waals surface area contributed by atoms with Crippen molar-refractivity contribution < 1.29 is 19.4 Å². The molecule has 3 aromatic rings. The molecule has 2 atom stereocenters. The van der Waals surface area contributed by atoms with E-state index in [4.69, 9.17) is 4.42 Å². The fourth-order valence-corrected chi connectivity index (χ4v) is 3.44. The van der Waals surface area contributed by atoms with Crippen molar-refractivity contribution >= 4 is 11.6 Å². The van der Waals surface area contributed by atoms with Crippen molar-refractivity contribution in [2.75, 3.05) is 4.90 Å². The predicted molar refractivity (Wildman–Crippen MR) is 97.6 cm³/mol. The Balaban J connectivity index is 1.65. The first-order chi connectivity index (χ1) is 13.0. The maximum absolute atomic E-state index is 13.0. The molecule has 0 radical (unpaired) electrons. The minimum absolute atomic E-state index is 0.0395. The van der Waals surface area contributed by atoms with Gasteiger partial charge in [-0.05, 0) is 25.1 Å². The van der Waals surface area contributed by atoms with E-state index < -0.39 is 17.6 Å². The molecule has 1 aliphatic rings. The summed E-state index contributed by atoms with van der Waals surface area (Å²) in [6.45, 7) is 1.58. The Kier molecular flexibility index (Phi) is 4.25. The van der Waals surface area contributed by atoms with Crippen LogP contribution in [0.1, 0.15) is 24.8 Å². The van der Waals surface area contributed by atoms with Gasteiger partial charge in [-0.3, -0.25) is 9.69 Å². The van der Waals surface area contributed by atoms with Gasteiger partial charge in [0.15, 0.2) is 5.60 Å². The molecular formula is C20H19N3O4. The molecule has 0 saturated carbocycles. The number of carbonyl (C=O) groups is 1. The van der Waals surface area contributed by atoms with E-state index in [-0.39, 0.29) is 18.9 Å². The van der Waals surface area contributed by atoms with Crippen LogP contribution in [0, 0.1) is 0 Å². The molecular weight excluding hydrogens is 346 g/mol. The van der Waals surface area contributed by atoms with E-state index in [9.17, 15) is 15.0 Å². The van der Waals surface area contributed by atoms with Crippen molar-refractivity contribution in [2.24, 2.45) is 0 Å². The summed E-state index contributed by atoms with van der Waals surface area (Å²) in [5.41, 5.74) is 0.0614. The van der Waals surface area contributed by atoms with E-state index in [1.807, 2.05) is 30.3 Å². The Labute approximate surface area is 155 Å². The summed E-state index contributed by atoms with van der Waals surface area (Å²) in [4.78, 5) is 14.4. The molecule has 0 saturated heterocycles. The van der Waals surface area contributed by atoms with Gasteiger partial charge < -0.3 is 14.6 Å². The quantitative estimate of drug-likeness (QED) is 0.719. The van der Waals surface area contributed by atoms with Crippen LogP contribution in [0.3, 0.4) is 0 Å². The number of nitrogens with zero attached hydrogens (tertiary/aromatic N) is 3.